The number of hydrogen-bond acceptors (Lipinski definition) is 9. The quantitative estimate of drug-likeness (QED) is 0.464. The molecular weight excluding hydrogens is 354 g/mol. The molecule has 3 heterocycles. The Hall–Kier alpha value is -1.46. The number of azide groups is 1. The number of nitrogens with zero attached hydrogens (tertiary/aromatic N) is 5. The Morgan fingerprint density at radius 3 is 3.08 bits per heavy atom. The minimum absolute atomic E-state index is 0.391. The molecule has 24 heavy (non-hydrogen) atoms. The first-order valence-electron chi connectivity index (χ1n) is 7.05. The summed E-state index contributed by atoms with van der Waals surface area (Å²) in [6.45, 7) is -0.391. The van der Waals surface area contributed by atoms with E-state index in [2.05, 4.69) is 20.0 Å². The third-order valence-electron chi connectivity index (χ3n) is 3.70. The van der Waals surface area contributed by atoms with Crippen molar-refractivity contribution >= 4 is 33.4 Å². The predicted molar refractivity (Wildman–Crippen MR) is 88.8 cm³/mol. The molecule has 0 aromatic carbocycles. The Morgan fingerprint density at radius 1 is 1.54 bits per heavy atom. The van der Waals surface area contributed by atoms with Gasteiger partial charge in [0.2, 0.25) is 0 Å². The first-order chi connectivity index (χ1) is 11.7. The van der Waals surface area contributed by atoms with Crippen LogP contribution in [0, 0.1) is 0 Å². The normalized spacial score (nSPS) is 30.2. The molecular formula is C13H15N5O4S2. The highest BCUT2D eigenvalue weighted by molar-refractivity contribution is 7.99. The van der Waals surface area contributed by atoms with Crippen molar-refractivity contribution in [1.82, 2.24) is 9.97 Å². The van der Waals surface area contributed by atoms with Crippen LogP contribution in [-0.2, 0) is 9.47 Å². The summed E-state index contributed by atoms with van der Waals surface area (Å²) in [6.07, 6.45) is -0.996. The molecule has 9 nitrogen and oxygen atoms in total. The average molecular weight is 369 g/mol. The standard InChI is InChI=1S/C13H15N5O4S2/c1-21-11-9(17-18-14)10(20)7(4-19)22-13(11)24-6-2-8-12(15-3-6)16-5-23-8/h2-3,5,7,9-11,13,19-20H,4H2,1H3/t7?,9-,10-,11?,13+/m0/s1. The highest BCUT2D eigenvalue weighted by Crippen LogP contribution is 2.36. The summed E-state index contributed by atoms with van der Waals surface area (Å²) in [5.41, 5.74) is 10.6. The molecule has 2 unspecified atom stereocenters. The van der Waals surface area contributed by atoms with Gasteiger partial charge in [0.1, 0.15) is 17.6 Å². The lowest BCUT2D eigenvalue weighted by Gasteiger charge is -2.41. The van der Waals surface area contributed by atoms with Gasteiger partial charge in [0.05, 0.1) is 29.0 Å². The molecule has 1 aliphatic rings. The number of rotatable bonds is 5. The van der Waals surface area contributed by atoms with Gasteiger partial charge in [-0.05, 0) is 11.6 Å². The molecule has 0 bridgehead atoms. The van der Waals surface area contributed by atoms with Crippen molar-refractivity contribution in [2.45, 2.75) is 34.7 Å². The molecule has 2 aromatic rings. The summed E-state index contributed by atoms with van der Waals surface area (Å²) in [4.78, 5) is 12.0. The van der Waals surface area contributed by atoms with Gasteiger partial charge in [-0.1, -0.05) is 16.9 Å². The van der Waals surface area contributed by atoms with Gasteiger partial charge in [0.15, 0.2) is 5.65 Å². The fourth-order valence-corrected chi connectivity index (χ4v) is 4.45. The summed E-state index contributed by atoms with van der Waals surface area (Å²) in [7, 11) is 1.46. The van der Waals surface area contributed by atoms with Gasteiger partial charge >= 0.3 is 0 Å². The number of aliphatic hydroxyl groups excluding tert-OH is 2. The molecule has 2 aromatic heterocycles. The zero-order valence-electron chi connectivity index (χ0n) is 12.6. The van der Waals surface area contributed by atoms with Crippen LogP contribution in [-0.4, -0.2) is 63.7 Å². The maximum absolute atomic E-state index is 10.2. The van der Waals surface area contributed by atoms with Crippen LogP contribution in [0.25, 0.3) is 20.8 Å². The van der Waals surface area contributed by atoms with Crippen LogP contribution in [0.3, 0.4) is 0 Å². The van der Waals surface area contributed by atoms with E-state index in [1.807, 2.05) is 6.07 Å². The van der Waals surface area contributed by atoms with Crippen LogP contribution in [0.5, 0.6) is 0 Å². The topological polar surface area (TPSA) is 133 Å². The second-order valence-corrected chi connectivity index (χ2v) is 7.13. The zero-order chi connectivity index (χ0) is 17.1. The molecule has 0 saturated carbocycles. The summed E-state index contributed by atoms with van der Waals surface area (Å²) in [5.74, 6) is 0. The molecule has 0 radical (unpaired) electrons. The number of thioether (sulfide) groups is 1. The molecule has 1 fully saturated rings. The second kappa shape index (κ2) is 7.62. The Balaban J connectivity index is 1.86. The Bertz CT molecular complexity index is 753. The number of fused-ring (bicyclic) bond motifs is 1. The first kappa shape index (κ1) is 17.4. The van der Waals surface area contributed by atoms with E-state index in [1.54, 1.807) is 11.7 Å². The van der Waals surface area contributed by atoms with Crippen LogP contribution < -0.4 is 0 Å². The first-order valence-corrected chi connectivity index (χ1v) is 8.81. The fourth-order valence-electron chi connectivity index (χ4n) is 2.53. The number of methoxy groups -OCH3 is 1. The highest BCUT2D eigenvalue weighted by Gasteiger charge is 2.45. The van der Waals surface area contributed by atoms with Gasteiger partial charge in [-0.25, -0.2) is 9.97 Å². The van der Waals surface area contributed by atoms with Crippen molar-refractivity contribution < 1.29 is 19.7 Å². The van der Waals surface area contributed by atoms with Gasteiger partial charge in [-0.2, -0.15) is 0 Å². The van der Waals surface area contributed by atoms with Gasteiger partial charge in [0, 0.05) is 23.1 Å². The third kappa shape index (κ3) is 3.33. The maximum atomic E-state index is 10.2. The van der Waals surface area contributed by atoms with Crippen molar-refractivity contribution in [3.05, 3.63) is 28.2 Å². The molecule has 0 amide bonds. The number of ether oxygens (including phenoxy) is 2. The van der Waals surface area contributed by atoms with E-state index >= 15 is 0 Å². The Kier molecular flexibility index (Phi) is 5.51. The summed E-state index contributed by atoms with van der Waals surface area (Å²) < 4.78 is 12.1. The lowest BCUT2D eigenvalue weighted by atomic mass is 9.98. The number of aliphatic hydroxyl groups is 2. The minimum Gasteiger partial charge on any atom is -0.394 e. The average Bonchev–Trinajstić information content (AvgIpc) is 3.05. The van der Waals surface area contributed by atoms with Crippen molar-refractivity contribution in [2.75, 3.05) is 13.7 Å². The van der Waals surface area contributed by atoms with Gasteiger partial charge < -0.3 is 19.7 Å². The predicted octanol–water partition coefficient (Wildman–Crippen LogP) is 1.56. The fraction of sp³-hybridized carbons (Fsp3) is 0.538. The molecule has 1 saturated heterocycles. The highest BCUT2D eigenvalue weighted by atomic mass is 32.2. The molecule has 1 aliphatic heterocycles. The van der Waals surface area contributed by atoms with Crippen LogP contribution >= 0.6 is 23.1 Å². The van der Waals surface area contributed by atoms with Crippen LogP contribution in [0.1, 0.15) is 0 Å². The summed E-state index contributed by atoms with van der Waals surface area (Å²) in [6, 6.07) is 1.07. The maximum Gasteiger partial charge on any atom is 0.170 e. The van der Waals surface area contributed by atoms with Gasteiger partial charge in [0.25, 0.3) is 0 Å². The zero-order valence-corrected chi connectivity index (χ0v) is 14.2. The van der Waals surface area contributed by atoms with E-state index < -0.39 is 36.4 Å². The third-order valence-corrected chi connectivity index (χ3v) is 5.57. The van der Waals surface area contributed by atoms with Crippen molar-refractivity contribution in [2.24, 2.45) is 5.11 Å². The van der Waals surface area contributed by atoms with E-state index in [0.717, 1.165) is 9.60 Å². The molecule has 5 atom stereocenters. The van der Waals surface area contributed by atoms with E-state index in [0.29, 0.717) is 5.65 Å². The minimum atomic E-state index is -1.14. The van der Waals surface area contributed by atoms with E-state index in [1.165, 1.54) is 30.2 Å². The van der Waals surface area contributed by atoms with Gasteiger partial charge in [-0.15, -0.1) is 11.3 Å². The van der Waals surface area contributed by atoms with Crippen LogP contribution in [0.4, 0.5) is 0 Å². The van der Waals surface area contributed by atoms with Gasteiger partial charge in [-0.3, -0.25) is 0 Å². The second-order valence-electron chi connectivity index (χ2n) is 5.07. The molecule has 2 N–H and O–H groups in total. The number of hydrogen-bond donors (Lipinski definition) is 2. The van der Waals surface area contributed by atoms with E-state index in [4.69, 9.17) is 15.0 Å². The summed E-state index contributed by atoms with van der Waals surface area (Å²) in [5, 5.41) is 23.2. The van der Waals surface area contributed by atoms with Crippen LogP contribution in [0.15, 0.2) is 27.8 Å². The molecule has 0 aliphatic carbocycles. The molecule has 3 rings (SSSR count). The monoisotopic (exact) mass is 369 g/mol. The lowest BCUT2D eigenvalue weighted by Crippen LogP contribution is -2.57. The van der Waals surface area contributed by atoms with Crippen molar-refractivity contribution in [3.63, 3.8) is 0 Å². The number of aromatic nitrogens is 2. The SMILES string of the molecule is COC1[C@@H](Sc2cnc3ncsc3c2)OC(CO)[C@H](O)[C@@H]1N=[N+]=[N-]. The molecule has 0 spiro atoms. The summed E-state index contributed by atoms with van der Waals surface area (Å²) >= 11 is 2.81. The number of thiazole rings is 1. The Labute approximate surface area is 145 Å². The Morgan fingerprint density at radius 2 is 2.38 bits per heavy atom. The van der Waals surface area contributed by atoms with Crippen molar-refractivity contribution in [1.29, 1.82) is 0 Å². The lowest BCUT2D eigenvalue weighted by molar-refractivity contribution is -0.167. The largest absolute Gasteiger partial charge is 0.394 e. The molecule has 11 heteroatoms. The van der Waals surface area contributed by atoms with Crippen molar-refractivity contribution in [3.8, 4) is 0 Å². The number of pyridine rings is 1. The van der Waals surface area contributed by atoms with Crippen LogP contribution in [0.2, 0.25) is 0 Å². The van der Waals surface area contributed by atoms with E-state index in [9.17, 15) is 10.2 Å². The van der Waals surface area contributed by atoms with E-state index in [-0.39, 0.29) is 0 Å². The molecule has 128 valence electrons. The smallest absolute Gasteiger partial charge is 0.170 e.